The standard InChI is InChI=1S/C6H9N/c1-6(2)4-3-5-7/h3,5,7H,1-2H3. The van der Waals surface area contributed by atoms with Gasteiger partial charge in [-0.2, -0.15) is 0 Å². The van der Waals surface area contributed by atoms with Gasteiger partial charge >= 0.3 is 0 Å². The van der Waals surface area contributed by atoms with Gasteiger partial charge in [0.15, 0.2) is 0 Å². The maximum Gasteiger partial charge on any atom is 0.0254 e. The molecule has 0 aliphatic rings. The van der Waals surface area contributed by atoms with Crippen LogP contribution in [0.3, 0.4) is 0 Å². The smallest absolute Gasteiger partial charge is 0.0254 e. The first-order valence-electron chi connectivity index (χ1n) is 2.16. The normalized spacial score (nSPS) is 6.57. The molecule has 0 aliphatic carbocycles. The van der Waals surface area contributed by atoms with E-state index < -0.39 is 0 Å². The van der Waals surface area contributed by atoms with E-state index in [1.165, 1.54) is 6.21 Å². The summed E-state index contributed by atoms with van der Waals surface area (Å²) in [5.74, 6) is 0. The van der Waals surface area contributed by atoms with Crippen molar-refractivity contribution in [1.82, 2.24) is 0 Å². The van der Waals surface area contributed by atoms with Crippen molar-refractivity contribution >= 4 is 6.21 Å². The molecule has 0 saturated heterocycles. The van der Waals surface area contributed by atoms with Gasteiger partial charge < -0.3 is 5.41 Å². The molecule has 0 rings (SSSR count). The Labute approximate surface area is 43.9 Å². The lowest BCUT2D eigenvalue weighted by Crippen LogP contribution is -1.55. The molecule has 0 unspecified atom stereocenters. The number of hydrogen-bond acceptors (Lipinski definition) is 1. The zero-order valence-corrected chi connectivity index (χ0v) is 4.65. The minimum Gasteiger partial charge on any atom is -0.308 e. The molecule has 0 bridgehead atoms. The predicted molar refractivity (Wildman–Crippen MR) is 31.7 cm³/mol. The monoisotopic (exact) mass is 95.1 g/mol. The summed E-state index contributed by atoms with van der Waals surface area (Å²) >= 11 is 0. The Hall–Kier alpha value is -0.810. The van der Waals surface area contributed by atoms with Gasteiger partial charge in [0.2, 0.25) is 0 Å². The van der Waals surface area contributed by atoms with Gasteiger partial charge in [-0.1, -0.05) is 0 Å². The number of hydrogen-bond donors (Lipinski definition) is 1. The van der Waals surface area contributed by atoms with Gasteiger partial charge in [-0.3, -0.25) is 0 Å². The molecular weight excluding hydrogens is 86.1 g/mol. The van der Waals surface area contributed by atoms with Gasteiger partial charge in [-0.25, -0.2) is 0 Å². The van der Waals surface area contributed by atoms with Crippen LogP contribution in [-0.2, 0) is 0 Å². The molecule has 0 fully saturated rings. The van der Waals surface area contributed by atoms with E-state index in [2.05, 4.69) is 5.73 Å². The molecule has 1 nitrogen and oxygen atoms in total. The third kappa shape index (κ3) is 5.19. The summed E-state index contributed by atoms with van der Waals surface area (Å²) in [5.41, 5.74) is 3.94. The number of nitrogens with one attached hydrogen (secondary N) is 1. The fourth-order valence-corrected chi connectivity index (χ4v) is 0.208. The SMILES string of the molecule is CC(C)=C=CC=N. The topological polar surface area (TPSA) is 23.9 Å². The van der Waals surface area contributed by atoms with Gasteiger partial charge in [0.1, 0.15) is 0 Å². The second-order valence-corrected chi connectivity index (χ2v) is 1.48. The molecular formula is C6H9N. The number of allylic oxidation sites excluding steroid dienone is 1. The summed E-state index contributed by atoms with van der Waals surface area (Å²) in [6.45, 7) is 3.89. The Morgan fingerprint density at radius 1 is 1.57 bits per heavy atom. The molecule has 0 spiro atoms. The lowest BCUT2D eigenvalue weighted by molar-refractivity contribution is 1.41. The van der Waals surface area contributed by atoms with Crippen LogP contribution in [0.15, 0.2) is 17.4 Å². The highest BCUT2D eigenvalue weighted by molar-refractivity contribution is 5.67. The molecule has 0 aromatic carbocycles. The highest BCUT2D eigenvalue weighted by Gasteiger charge is 1.62. The predicted octanol–water partition coefficient (Wildman–Crippen LogP) is 1.76. The van der Waals surface area contributed by atoms with Crippen molar-refractivity contribution < 1.29 is 0 Å². The number of rotatable bonds is 1. The molecule has 0 atom stereocenters. The zero-order chi connectivity index (χ0) is 5.70. The van der Waals surface area contributed by atoms with Crippen molar-refractivity contribution in [3.05, 3.63) is 17.4 Å². The fourth-order valence-electron chi connectivity index (χ4n) is 0.208. The Kier molecular flexibility index (Phi) is 2.99. The van der Waals surface area contributed by atoms with E-state index in [4.69, 9.17) is 5.41 Å². The molecule has 0 aliphatic heterocycles. The molecule has 0 saturated carbocycles. The Bertz CT molecular complexity index is 112. The van der Waals surface area contributed by atoms with E-state index >= 15 is 0 Å². The summed E-state index contributed by atoms with van der Waals surface area (Å²) in [6, 6.07) is 0. The van der Waals surface area contributed by atoms with Gasteiger partial charge in [0.25, 0.3) is 0 Å². The van der Waals surface area contributed by atoms with Crippen LogP contribution >= 0.6 is 0 Å². The van der Waals surface area contributed by atoms with E-state index in [9.17, 15) is 0 Å². The molecule has 0 amide bonds. The van der Waals surface area contributed by atoms with Crippen molar-refractivity contribution in [3.63, 3.8) is 0 Å². The summed E-state index contributed by atoms with van der Waals surface area (Å²) in [6.07, 6.45) is 2.79. The fraction of sp³-hybridized carbons (Fsp3) is 0.333. The molecule has 0 heterocycles. The van der Waals surface area contributed by atoms with Gasteiger partial charge in [-0.05, 0) is 25.5 Å². The van der Waals surface area contributed by atoms with Crippen molar-refractivity contribution in [1.29, 1.82) is 5.41 Å². The first kappa shape index (κ1) is 6.19. The van der Waals surface area contributed by atoms with Gasteiger partial charge in [-0.15, -0.1) is 5.73 Å². The van der Waals surface area contributed by atoms with Gasteiger partial charge in [0, 0.05) is 6.21 Å². The minimum atomic E-state index is 1.10. The average molecular weight is 95.1 g/mol. The quantitative estimate of drug-likeness (QED) is 0.379. The van der Waals surface area contributed by atoms with Crippen LogP contribution in [0.4, 0.5) is 0 Å². The summed E-state index contributed by atoms with van der Waals surface area (Å²) in [4.78, 5) is 0. The molecule has 0 aromatic heterocycles. The summed E-state index contributed by atoms with van der Waals surface area (Å²) in [7, 11) is 0. The molecule has 0 radical (unpaired) electrons. The first-order valence-corrected chi connectivity index (χ1v) is 2.16. The molecule has 38 valence electrons. The van der Waals surface area contributed by atoms with Crippen LogP contribution in [0.1, 0.15) is 13.8 Å². The van der Waals surface area contributed by atoms with Crippen molar-refractivity contribution in [2.24, 2.45) is 0 Å². The van der Waals surface area contributed by atoms with Crippen LogP contribution in [0.2, 0.25) is 0 Å². The van der Waals surface area contributed by atoms with E-state index in [1.807, 2.05) is 13.8 Å². The molecule has 1 heteroatoms. The Morgan fingerprint density at radius 2 is 2.14 bits per heavy atom. The van der Waals surface area contributed by atoms with E-state index in [0.29, 0.717) is 0 Å². The van der Waals surface area contributed by atoms with E-state index in [1.54, 1.807) is 6.08 Å². The average Bonchev–Trinajstić information content (AvgIpc) is 1.61. The third-order valence-corrected chi connectivity index (χ3v) is 0.455. The maximum atomic E-state index is 6.54. The highest BCUT2D eigenvalue weighted by atomic mass is 14.3. The first-order chi connectivity index (χ1) is 3.27. The van der Waals surface area contributed by atoms with Crippen LogP contribution < -0.4 is 0 Å². The third-order valence-electron chi connectivity index (χ3n) is 0.455. The van der Waals surface area contributed by atoms with Crippen LogP contribution in [0.25, 0.3) is 0 Å². The van der Waals surface area contributed by atoms with Crippen LogP contribution in [-0.4, -0.2) is 6.21 Å². The van der Waals surface area contributed by atoms with Gasteiger partial charge in [0.05, 0.1) is 0 Å². The molecule has 7 heavy (non-hydrogen) atoms. The maximum absolute atomic E-state index is 6.54. The van der Waals surface area contributed by atoms with Crippen molar-refractivity contribution in [3.8, 4) is 0 Å². The Morgan fingerprint density at radius 3 is 2.29 bits per heavy atom. The largest absolute Gasteiger partial charge is 0.308 e. The second-order valence-electron chi connectivity index (χ2n) is 1.48. The summed E-state index contributed by atoms with van der Waals surface area (Å²) in [5, 5.41) is 6.54. The summed E-state index contributed by atoms with van der Waals surface area (Å²) < 4.78 is 0. The highest BCUT2D eigenvalue weighted by Crippen LogP contribution is 1.80. The van der Waals surface area contributed by atoms with Crippen molar-refractivity contribution in [2.45, 2.75) is 13.8 Å². The molecule has 0 aromatic rings. The van der Waals surface area contributed by atoms with E-state index in [-0.39, 0.29) is 0 Å². The van der Waals surface area contributed by atoms with Crippen LogP contribution in [0.5, 0.6) is 0 Å². The lowest BCUT2D eigenvalue weighted by Gasteiger charge is -1.70. The van der Waals surface area contributed by atoms with Crippen molar-refractivity contribution in [2.75, 3.05) is 0 Å². The lowest BCUT2D eigenvalue weighted by atomic mass is 10.4. The second kappa shape index (κ2) is 3.38. The van der Waals surface area contributed by atoms with Crippen LogP contribution in [0, 0.1) is 5.41 Å². The molecule has 1 N–H and O–H groups in total. The Balaban J connectivity index is 3.86. The minimum absolute atomic E-state index is 1.10. The zero-order valence-electron chi connectivity index (χ0n) is 4.65. The van der Waals surface area contributed by atoms with E-state index in [0.717, 1.165) is 5.57 Å².